The molecule has 0 aliphatic carbocycles. The minimum absolute atomic E-state index is 0. The normalized spacial score (nSPS) is 9.65. The van der Waals surface area contributed by atoms with E-state index in [4.69, 9.17) is 5.11 Å². The Morgan fingerprint density at radius 1 is 0.700 bits per heavy atom. The zero-order valence-corrected chi connectivity index (χ0v) is 12.3. The Hall–Kier alpha value is 0.600. The number of rotatable bonds is 14. The summed E-state index contributed by atoms with van der Waals surface area (Å²) in [6.45, 7) is 2.26. The molecule has 0 rings (SSSR count). The predicted molar refractivity (Wildman–Crippen MR) is 95.0 cm³/mol. The Labute approximate surface area is 148 Å². The van der Waals surface area contributed by atoms with Gasteiger partial charge in [-0.2, -0.15) is 0 Å². The van der Waals surface area contributed by atoms with Gasteiger partial charge in [-0.25, -0.2) is 0 Å². The molecule has 0 unspecified atom stereocenters. The van der Waals surface area contributed by atoms with Crippen molar-refractivity contribution in [2.75, 3.05) is 0 Å². The zero-order chi connectivity index (χ0) is 13.5. The summed E-state index contributed by atoms with van der Waals surface area (Å²) in [6, 6.07) is 0. The molecule has 4 heteroatoms. The summed E-state index contributed by atoms with van der Waals surface area (Å²) in [5.74, 6) is -0.655. The van der Waals surface area contributed by atoms with Gasteiger partial charge in [0.05, 0.1) is 0 Å². The molecule has 0 amide bonds. The van der Waals surface area contributed by atoms with Crippen LogP contribution in [0, 0.1) is 0 Å². The predicted octanol–water partition coefficient (Wildman–Crippen LogP) is 3.72. The van der Waals surface area contributed by atoms with E-state index in [-0.39, 0.29) is 36.2 Å². The van der Waals surface area contributed by atoms with Crippen LogP contribution in [0.1, 0.15) is 96.8 Å². The van der Waals surface area contributed by atoms with E-state index in [0.717, 1.165) is 12.8 Å². The number of hydrogen-bond donors (Lipinski definition) is 1. The standard InChI is InChI=1S/C16H32O2.Al.Li.4H/c1-2-3-4-5-6-7-8-9-10-11-12-13-14-15-16(17)18;;;;;;/h2-15H2,1H3,(H,17,18);;;;;;. The van der Waals surface area contributed by atoms with Crippen molar-refractivity contribution in [1.29, 1.82) is 0 Å². The average Bonchev–Trinajstić information content (AvgIpc) is 2.34. The first-order valence-corrected chi connectivity index (χ1v) is 7.99. The molecule has 0 aromatic rings. The molecule has 0 aliphatic heterocycles. The molecule has 0 aromatic heterocycles. The van der Waals surface area contributed by atoms with Gasteiger partial charge in [0.15, 0.2) is 17.4 Å². The first kappa shape index (κ1) is 25.5. The Kier molecular flexibility index (Phi) is 28.0. The molecule has 0 fully saturated rings. The van der Waals surface area contributed by atoms with Crippen molar-refractivity contribution in [3.8, 4) is 0 Å². The molecule has 2 nitrogen and oxygen atoms in total. The molecule has 116 valence electrons. The van der Waals surface area contributed by atoms with E-state index in [1.54, 1.807) is 0 Å². The number of carboxylic acid groups (broad SMARTS) is 1. The van der Waals surface area contributed by atoms with E-state index in [9.17, 15) is 4.79 Å². The Balaban J connectivity index is -0.00000144. The molecule has 0 spiro atoms. The summed E-state index contributed by atoms with van der Waals surface area (Å²) in [5, 5.41) is 8.49. The third-order valence-corrected chi connectivity index (χ3v) is 3.49. The summed E-state index contributed by atoms with van der Waals surface area (Å²) in [7, 11) is 0. The van der Waals surface area contributed by atoms with Crippen LogP contribution in [0.15, 0.2) is 0 Å². The molecule has 0 radical (unpaired) electrons. The minimum atomic E-state index is -0.655. The Morgan fingerprint density at radius 2 is 1.00 bits per heavy atom. The summed E-state index contributed by atoms with van der Waals surface area (Å²) in [5.41, 5.74) is 0. The van der Waals surface area contributed by atoms with Crippen molar-refractivity contribution in [1.82, 2.24) is 0 Å². The van der Waals surface area contributed by atoms with Gasteiger partial charge in [0.25, 0.3) is 0 Å². The van der Waals surface area contributed by atoms with Crippen LogP contribution in [-0.2, 0) is 4.79 Å². The van der Waals surface area contributed by atoms with E-state index >= 15 is 0 Å². The van der Waals surface area contributed by atoms with Gasteiger partial charge < -0.3 is 5.11 Å². The van der Waals surface area contributed by atoms with Crippen LogP contribution in [0.3, 0.4) is 0 Å². The summed E-state index contributed by atoms with van der Waals surface area (Å²) in [4.78, 5) is 10.3. The quantitative estimate of drug-likeness (QED) is 0.391. The number of unbranched alkanes of at least 4 members (excludes halogenated alkanes) is 12. The van der Waals surface area contributed by atoms with Gasteiger partial charge in [0, 0.05) is 6.42 Å². The van der Waals surface area contributed by atoms with Gasteiger partial charge in [-0.3, -0.25) is 4.79 Å². The molecule has 0 saturated heterocycles. The SMILES string of the molecule is CCCCCCCCCCCCCCCC(=O)O.[AlH3].[LiH]. The van der Waals surface area contributed by atoms with Gasteiger partial charge in [-0.1, -0.05) is 84.0 Å². The summed E-state index contributed by atoms with van der Waals surface area (Å²) in [6.07, 6.45) is 17.3. The Bertz CT molecular complexity index is 189. The van der Waals surface area contributed by atoms with Crippen molar-refractivity contribution in [3.63, 3.8) is 0 Å². The molecule has 0 saturated carbocycles. The monoisotopic (exact) mass is 294 g/mol. The Morgan fingerprint density at radius 3 is 1.30 bits per heavy atom. The van der Waals surface area contributed by atoms with Crippen molar-refractivity contribution in [2.24, 2.45) is 0 Å². The number of aliphatic carboxylic acids is 1. The van der Waals surface area contributed by atoms with Gasteiger partial charge >= 0.3 is 24.8 Å². The van der Waals surface area contributed by atoms with Crippen molar-refractivity contribution < 1.29 is 9.90 Å². The molecule has 0 aromatic carbocycles. The van der Waals surface area contributed by atoms with Crippen LogP contribution in [0.25, 0.3) is 0 Å². The fourth-order valence-corrected chi connectivity index (χ4v) is 2.29. The second-order valence-electron chi connectivity index (χ2n) is 5.39. The third kappa shape index (κ3) is 23.7. The van der Waals surface area contributed by atoms with Gasteiger partial charge in [0.2, 0.25) is 0 Å². The van der Waals surface area contributed by atoms with E-state index in [1.165, 1.54) is 70.6 Å². The van der Waals surface area contributed by atoms with Crippen LogP contribution in [0.2, 0.25) is 0 Å². The van der Waals surface area contributed by atoms with Crippen molar-refractivity contribution >= 4 is 42.2 Å². The van der Waals surface area contributed by atoms with Crippen LogP contribution in [0.5, 0.6) is 0 Å². The van der Waals surface area contributed by atoms with Crippen molar-refractivity contribution in [3.05, 3.63) is 0 Å². The van der Waals surface area contributed by atoms with Crippen LogP contribution in [-0.4, -0.2) is 47.3 Å². The van der Waals surface area contributed by atoms with E-state index < -0.39 is 5.97 Å². The zero-order valence-electron chi connectivity index (χ0n) is 12.3. The molecule has 0 heterocycles. The summed E-state index contributed by atoms with van der Waals surface area (Å²) < 4.78 is 0. The maximum absolute atomic E-state index is 10.3. The first-order chi connectivity index (χ1) is 8.77. The molecule has 0 bridgehead atoms. The number of hydrogen-bond acceptors (Lipinski definition) is 1. The second kappa shape index (κ2) is 21.9. The second-order valence-corrected chi connectivity index (χ2v) is 5.39. The molecular weight excluding hydrogens is 258 g/mol. The summed E-state index contributed by atoms with van der Waals surface area (Å²) >= 11 is 0. The molecule has 0 aliphatic rings. The molecular formula is C16H36AlLiO2. The van der Waals surface area contributed by atoms with E-state index in [2.05, 4.69) is 6.92 Å². The van der Waals surface area contributed by atoms with Gasteiger partial charge in [-0.15, -0.1) is 0 Å². The fourth-order valence-electron chi connectivity index (χ4n) is 2.29. The average molecular weight is 294 g/mol. The van der Waals surface area contributed by atoms with Crippen LogP contribution < -0.4 is 0 Å². The number of carbonyl (C=O) groups is 1. The maximum atomic E-state index is 10.3. The fraction of sp³-hybridized carbons (Fsp3) is 0.938. The van der Waals surface area contributed by atoms with Crippen LogP contribution >= 0.6 is 0 Å². The molecule has 0 atom stereocenters. The van der Waals surface area contributed by atoms with E-state index in [1.807, 2.05) is 0 Å². The van der Waals surface area contributed by atoms with Crippen LogP contribution in [0.4, 0.5) is 0 Å². The molecule has 20 heavy (non-hydrogen) atoms. The van der Waals surface area contributed by atoms with Gasteiger partial charge in [0.1, 0.15) is 0 Å². The topological polar surface area (TPSA) is 37.3 Å². The van der Waals surface area contributed by atoms with Gasteiger partial charge in [-0.05, 0) is 6.42 Å². The molecule has 1 N–H and O–H groups in total. The first-order valence-electron chi connectivity index (χ1n) is 7.99. The number of carboxylic acids is 1. The van der Waals surface area contributed by atoms with Crippen molar-refractivity contribution in [2.45, 2.75) is 96.8 Å². The van der Waals surface area contributed by atoms with E-state index in [0.29, 0.717) is 6.42 Å². The third-order valence-electron chi connectivity index (χ3n) is 3.49.